The first-order chi connectivity index (χ1) is 11.9. The summed E-state index contributed by atoms with van der Waals surface area (Å²) >= 11 is 0. The van der Waals surface area contributed by atoms with Crippen molar-refractivity contribution in [2.24, 2.45) is 0 Å². The highest BCUT2D eigenvalue weighted by atomic mass is 19.1. The van der Waals surface area contributed by atoms with E-state index in [9.17, 15) is 18.4 Å². The van der Waals surface area contributed by atoms with Crippen LogP contribution in [0.5, 0.6) is 0 Å². The number of carbonyl (C=O) groups is 2. The van der Waals surface area contributed by atoms with E-state index in [4.69, 9.17) is 0 Å². The Morgan fingerprint density at radius 1 is 0.920 bits per heavy atom. The van der Waals surface area contributed by atoms with Crippen LogP contribution < -0.4 is 15.5 Å². The van der Waals surface area contributed by atoms with Gasteiger partial charge in [0.1, 0.15) is 11.6 Å². The average molecular weight is 347 g/mol. The van der Waals surface area contributed by atoms with Gasteiger partial charge in [-0.25, -0.2) is 8.78 Å². The van der Waals surface area contributed by atoms with Crippen molar-refractivity contribution in [1.29, 1.82) is 0 Å². The average Bonchev–Trinajstić information content (AvgIpc) is 2.58. The molecule has 25 heavy (non-hydrogen) atoms. The minimum absolute atomic E-state index is 0.0600. The van der Waals surface area contributed by atoms with Crippen LogP contribution in [0.1, 0.15) is 20.7 Å². The zero-order chi connectivity index (χ0) is 18.4. The third-order valence-electron chi connectivity index (χ3n) is 3.51. The van der Waals surface area contributed by atoms with Crippen LogP contribution in [0.3, 0.4) is 0 Å². The summed E-state index contributed by atoms with van der Waals surface area (Å²) in [5.74, 6) is -2.12. The molecular formula is C18H19F2N3O2. The quantitative estimate of drug-likeness (QED) is 0.788. The van der Waals surface area contributed by atoms with E-state index in [1.165, 1.54) is 30.3 Å². The van der Waals surface area contributed by atoms with E-state index < -0.39 is 23.4 Å². The number of benzene rings is 2. The number of nitrogens with zero attached hydrogens (tertiary/aromatic N) is 1. The molecule has 0 unspecified atom stereocenters. The molecule has 2 N–H and O–H groups in total. The molecule has 0 saturated heterocycles. The van der Waals surface area contributed by atoms with Gasteiger partial charge in [-0.1, -0.05) is 12.1 Å². The van der Waals surface area contributed by atoms with Crippen LogP contribution in [0.2, 0.25) is 0 Å². The van der Waals surface area contributed by atoms with Crippen molar-refractivity contribution in [3.63, 3.8) is 0 Å². The minimum atomic E-state index is -0.611. The smallest absolute Gasteiger partial charge is 0.254 e. The molecule has 0 aromatic heterocycles. The topological polar surface area (TPSA) is 61.4 Å². The molecule has 0 bridgehead atoms. The van der Waals surface area contributed by atoms with E-state index in [2.05, 4.69) is 10.6 Å². The Morgan fingerprint density at radius 3 is 2.16 bits per heavy atom. The second-order valence-corrected chi connectivity index (χ2v) is 5.55. The molecule has 2 amide bonds. The third-order valence-corrected chi connectivity index (χ3v) is 3.51. The van der Waals surface area contributed by atoms with Gasteiger partial charge in [0.15, 0.2) is 0 Å². The number of hydrogen-bond donors (Lipinski definition) is 2. The predicted molar refractivity (Wildman–Crippen MR) is 91.8 cm³/mol. The molecule has 7 heteroatoms. The lowest BCUT2D eigenvalue weighted by molar-refractivity contribution is 0.0925. The van der Waals surface area contributed by atoms with Gasteiger partial charge in [0.2, 0.25) is 0 Å². The van der Waals surface area contributed by atoms with Gasteiger partial charge < -0.3 is 15.5 Å². The third kappa shape index (κ3) is 4.76. The van der Waals surface area contributed by atoms with Gasteiger partial charge in [0.05, 0.1) is 11.3 Å². The first-order valence-electron chi connectivity index (χ1n) is 7.68. The molecule has 132 valence electrons. The van der Waals surface area contributed by atoms with Crippen molar-refractivity contribution < 1.29 is 18.4 Å². The van der Waals surface area contributed by atoms with E-state index in [1.807, 2.05) is 0 Å². The monoisotopic (exact) mass is 347 g/mol. The highest BCUT2D eigenvalue weighted by Crippen LogP contribution is 2.18. The van der Waals surface area contributed by atoms with Gasteiger partial charge >= 0.3 is 0 Å². The first-order valence-corrected chi connectivity index (χ1v) is 7.68. The van der Waals surface area contributed by atoms with Crippen LogP contribution in [0.25, 0.3) is 0 Å². The summed E-state index contributed by atoms with van der Waals surface area (Å²) in [5, 5.41) is 5.08. The molecule has 0 spiro atoms. The van der Waals surface area contributed by atoms with Gasteiger partial charge in [0.25, 0.3) is 11.8 Å². The van der Waals surface area contributed by atoms with Gasteiger partial charge in [-0.3, -0.25) is 9.59 Å². The number of rotatable bonds is 6. The van der Waals surface area contributed by atoms with Crippen molar-refractivity contribution in [3.8, 4) is 0 Å². The molecule has 2 aromatic carbocycles. The summed E-state index contributed by atoms with van der Waals surface area (Å²) in [7, 11) is 3.41. The number of carbonyl (C=O) groups excluding carboxylic acids is 2. The van der Waals surface area contributed by atoms with Gasteiger partial charge in [-0.05, 0) is 30.3 Å². The van der Waals surface area contributed by atoms with E-state index in [-0.39, 0.29) is 24.2 Å². The summed E-state index contributed by atoms with van der Waals surface area (Å²) < 4.78 is 27.3. The molecule has 0 radical (unpaired) electrons. The predicted octanol–water partition coefficient (Wildman–Crippen LogP) is 2.19. The SMILES string of the molecule is CN(C)c1ccc(C(=O)NCCNC(=O)c2ccccc2F)cc1F. The highest BCUT2D eigenvalue weighted by molar-refractivity contribution is 5.95. The maximum atomic E-state index is 13.9. The summed E-state index contributed by atoms with van der Waals surface area (Å²) in [4.78, 5) is 25.4. The van der Waals surface area contributed by atoms with Gasteiger partial charge in [-0.2, -0.15) is 0 Å². The summed E-state index contributed by atoms with van der Waals surface area (Å²) in [6, 6.07) is 9.82. The Bertz CT molecular complexity index is 779. The molecular weight excluding hydrogens is 328 g/mol. The van der Waals surface area contributed by atoms with Crippen LogP contribution in [0.4, 0.5) is 14.5 Å². The molecule has 0 aliphatic heterocycles. The molecule has 0 aliphatic carbocycles. The van der Waals surface area contributed by atoms with Crippen LogP contribution >= 0.6 is 0 Å². The Kier molecular flexibility index (Phi) is 6.05. The molecule has 0 saturated carbocycles. The molecule has 0 aliphatic rings. The standard InChI is InChI=1S/C18H19F2N3O2/c1-23(2)16-8-7-12(11-15(16)20)17(24)21-9-10-22-18(25)13-5-3-4-6-14(13)19/h3-8,11H,9-10H2,1-2H3,(H,21,24)(H,22,25). The largest absolute Gasteiger partial charge is 0.375 e. The Balaban J connectivity index is 1.84. The minimum Gasteiger partial charge on any atom is -0.375 e. The molecule has 2 rings (SSSR count). The second-order valence-electron chi connectivity index (χ2n) is 5.55. The number of anilines is 1. The number of amides is 2. The molecule has 5 nitrogen and oxygen atoms in total. The summed E-state index contributed by atoms with van der Waals surface area (Å²) in [6.07, 6.45) is 0. The van der Waals surface area contributed by atoms with Crippen molar-refractivity contribution >= 4 is 17.5 Å². The number of nitrogens with one attached hydrogen (secondary N) is 2. The van der Waals surface area contributed by atoms with Crippen LogP contribution in [-0.2, 0) is 0 Å². The maximum Gasteiger partial charge on any atom is 0.254 e. The Labute approximate surface area is 144 Å². The van der Waals surface area contributed by atoms with Crippen LogP contribution in [0, 0.1) is 11.6 Å². The fourth-order valence-electron chi connectivity index (χ4n) is 2.21. The normalized spacial score (nSPS) is 10.2. The fraction of sp³-hybridized carbons (Fsp3) is 0.222. The lowest BCUT2D eigenvalue weighted by atomic mass is 10.1. The van der Waals surface area contributed by atoms with Gasteiger partial charge in [-0.15, -0.1) is 0 Å². The zero-order valence-electron chi connectivity index (χ0n) is 14.0. The van der Waals surface area contributed by atoms with Crippen LogP contribution in [0.15, 0.2) is 42.5 Å². The lowest BCUT2D eigenvalue weighted by Crippen LogP contribution is -2.35. The number of hydrogen-bond acceptors (Lipinski definition) is 3. The fourth-order valence-corrected chi connectivity index (χ4v) is 2.21. The van der Waals surface area contributed by atoms with Crippen LogP contribution in [-0.4, -0.2) is 39.0 Å². The van der Waals surface area contributed by atoms with E-state index in [0.717, 1.165) is 6.07 Å². The Hall–Kier alpha value is -2.96. The van der Waals surface area contributed by atoms with Crippen molar-refractivity contribution in [1.82, 2.24) is 10.6 Å². The van der Waals surface area contributed by atoms with Crippen molar-refractivity contribution in [2.75, 3.05) is 32.1 Å². The molecule has 2 aromatic rings. The van der Waals surface area contributed by atoms with E-state index in [1.54, 1.807) is 25.1 Å². The summed E-state index contributed by atoms with van der Waals surface area (Å²) in [6.45, 7) is 0.257. The Morgan fingerprint density at radius 2 is 1.56 bits per heavy atom. The maximum absolute atomic E-state index is 13.9. The van der Waals surface area contributed by atoms with E-state index in [0.29, 0.717) is 5.69 Å². The second kappa shape index (κ2) is 8.23. The van der Waals surface area contributed by atoms with Crippen molar-refractivity contribution in [3.05, 3.63) is 65.2 Å². The number of halogens is 2. The van der Waals surface area contributed by atoms with E-state index >= 15 is 0 Å². The molecule has 0 atom stereocenters. The zero-order valence-corrected chi connectivity index (χ0v) is 14.0. The molecule has 0 fully saturated rings. The lowest BCUT2D eigenvalue weighted by Gasteiger charge is -2.14. The molecule has 0 heterocycles. The van der Waals surface area contributed by atoms with Crippen molar-refractivity contribution in [2.45, 2.75) is 0 Å². The highest BCUT2D eigenvalue weighted by Gasteiger charge is 2.12. The van der Waals surface area contributed by atoms with Gasteiger partial charge in [0, 0.05) is 32.7 Å². The summed E-state index contributed by atoms with van der Waals surface area (Å²) in [5.41, 5.74) is 0.507. The first kappa shape index (κ1) is 18.4.